The number of phenolic OH excluding ortho intramolecular Hbond substituents is 1. The highest BCUT2D eigenvalue weighted by Gasteiger charge is 2.28. The first-order valence-corrected chi connectivity index (χ1v) is 10.2. The third-order valence-electron chi connectivity index (χ3n) is 4.81. The molecule has 2 aromatic rings. The zero-order chi connectivity index (χ0) is 23.7. The number of hydrogen-bond acceptors (Lipinski definition) is 7. The fourth-order valence-electron chi connectivity index (χ4n) is 2.96. The summed E-state index contributed by atoms with van der Waals surface area (Å²) in [7, 11) is 0. The van der Waals surface area contributed by atoms with Crippen molar-refractivity contribution in [2.24, 2.45) is 5.92 Å². The van der Waals surface area contributed by atoms with E-state index in [2.05, 4.69) is 6.58 Å². The predicted octanol–water partition coefficient (Wildman–Crippen LogP) is 3.21. The highest BCUT2D eigenvalue weighted by molar-refractivity contribution is 5.88. The summed E-state index contributed by atoms with van der Waals surface area (Å²) in [5, 5.41) is 19.9. The maximum absolute atomic E-state index is 12.7. The van der Waals surface area contributed by atoms with Crippen LogP contribution < -0.4 is 0 Å². The van der Waals surface area contributed by atoms with Crippen LogP contribution in [0.2, 0.25) is 0 Å². The number of aryl methyl sites for hydroxylation is 1. The van der Waals surface area contributed by atoms with Gasteiger partial charge in [-0.25, -0.2) is 4.79 Å². The normalized spacial score (nSPS) is 12.5. The maximum atomic E-state index is 12.7. The van der Waals surface area contributed by atoms with Crippen LogP contribution in [0.3, 0.4) is 0 Å². The van der Waals surface area contributed by atoms with Crippen molar-refractivity contribution in [2.45, 2.75) is 32.8 Å². The van der Waals surface area contributed by atoms with E-state index in [-0.39, 0.29) is 37.4 Å². The molecule has 0 aliphatic rings. The Morgan fingerprint density at radius 2 is 1.56 bits per heavy atom. The van der Waals surface area contributed by atoms with Crippen molar-refractivity contribution in [1.29, 1.82) is 0 Å². The maximum Gasteiger partial charge on any atom is 0.333 e. The fourth-order valence-corrected chi connectivity index (χ4v) is 2.96. The Morgan fingerprint density at radius 1 is 0.969 bits per heavy atom. The second-order valence-electron chi connectivity index (χ2n) is 7.63. The molecule has 2 atom stereocenters. The number of carbonyl (C=O) groups is 3. The second-order valence-corrected chi connectivity index (χ2v) is 7.63. The van der Waals surface area contributed by atoms with Gasteiger partial charge in [-0.3, -0.25) is 9.59 Å². The van der Waals surface area contributed by atoms with Crippen molar-refractivity contribution in [2.75, 3.05) is 13.2 Å². The summed E-state index contributed by atoms with van der Waals surface area (Å²) in [5.41, 5.74) is 2.40. The molecule has 0 bridgehead atoms. The van der Waals surface area contributed by atoms with Gasteiger partial charge in [0.05, 0.1) is 5.92 Å². The van der Waals surface area contributed by atoms with E-state index in [0.717, 1.165) is 11.1 Å². The Morgan fingerprint density at radius 3 is 2.16 bits per heavy atom. The first kappa shape index (κ1) is 24.8. The summed E-state index contributed by atoms with van der Waals surface area (Å²) >= 11 is 0. The molecule has 0 radical (unpaired) electrons. The number of ether oxygens (including phenoxy) is 2. The van der Waals surface area contributed by atoms with E-state index < -0.39 is 29.7 Å². The van der Waals surface area contributed by atoms with Crippen molar-refractivity contribution in [1.82, 2.24) is 0 Å². The number of carbonyl (C=O) groups excluding carboxylic acids is 3. The molecule has 0 saturated carbocycles. The van der Waals surface area contributed by atoms with Crippen LogP contribution in [0.25, 0.3) is 0 Å². The molecule has 0 unspecified atom stereocenters. The smallest absolute Gasteiger partial charge is 0.333 e. The lowest BCUT2D eigenvalue weighted by Gasteiger charge is -2.18. The molecule has 0 amide bonds. The van der Waals surface area contributed by atoms with Crippen LogP contribution >= 0.6 is 0 Å². The molecule has 2 N–H and O–H groups in total. The molecule has 0 aliphatic carbocycles. The molecule has 7 heteroatoms. The SMILES string of the molecule is C=C(C)C(=O)OCCOC(=O)[C@@H](CC(=O)[C@H](O)c1ccc(C)cc1)Cc1ccc(O)cc1. The van der Waals surface area contributed by atoms with Gasteiger partial charge in [-0.2, -0.15) is 0 Å². The highest BCUT2D eigenvalue weighted by atomic mass is 16.6. The molecular weight excluding hydrogens is 412 g/mol. The Balaban J connectivity index is 2.05. The van der Waals surface area contributed by atoms with E-state index in [4.69, 9.17) is 9.47 Å². The van der Waals surface area contributed by atoms with E-state index >= 15 is 0 Å². The molecule has 32 heavy (non-hydrogen) atoms. The van der Waals surface area contributed by atoms with Gasteiger partial charge in [-0.1, -0.05) is 48.5 Å². The van der Waals surface area contributed by atoms with Crippen LogP contribution in [-0.4, -0.2) is 41.1 Å². The largest absolute Gasteiger partial charge is 0.508 e. The van der Waals surface area contributed by atoms with Crippen molar-refractivity contribution < 1.29 is 34.1 Å². The number of ketones is 1. The van der Waals surface area contributed by atoms with E-state index in [1.165, 1.54) is 19.1 Å². The average Bonchev–Trinajstić information content (AvgIpc) is 2.77. The van der Waals surface area contributed by atoms with Gasteiger partial charge in [-0.15, -0.1) is 0 Å². The van der Waals surface area contributed by atoms with Crippen LogP contribution in [0.1, 0.15) is 36.1 Å². The number of esters is 2. The molecular formula is C25H28O7. The number of Topliss-reactive ketones (excluding diaryl/α,β-unsaturated/α-hetero) is 1. The van der Waals surface area contributed by atoms with Gasteiger partial charge in [-0.05, 0) is 43.5 Å². The van der Waals surface area contributed by atoms with Gasteiger partial charge in [0.25, 0.3) is 0 Å². The second kappa shape index (κ2) is 11.8. The molecule has 7 nitrogen and oxygen atoms in total. The third kappa shape index (κ3) is 7.67. The lowest BCUT2D eigenvalue weighted by Crippen LogP contribution is -2.27. The van der Waals surface area contributed by atoms with Gasteiger partial charge < -0.3 is 19.7 Å². The molecule has 2 aromatic carbocycles. The molecule has 2 rings (SSSR count). The minimum Gasteiger partial charge on any atom is -0.508 e. The molecule has 0 aliphatic heterocycles. The van der Waals surface area contributed by atoms with Gasteiger partial charge >= 0.3 is 11.9 Å². The third-order valence-corrected chi connectivity index (χ3v) is 4.81. The predicted molar refractivity (Wildman–Crippen MR) is 118 cm³/mol. The van der Waals surface area contributed by atoms with Crippen molar-refractivity contribution in [3.63, 3.8) is 0 Å². The average molecular weight is 440 g/mol. The quantitative estimate of drug-likeness (QED) is 0.314. The molecule has 170 valence electrons. The lowest BCUT2D eigenvalue weighted by atomic mass is 9.91. The van der Waals surface area contributed by atoms with Crippen molar-refractivity contribution >= 4 is 17.7 Å². The van der Waals surface area contributed by atoms with E-state index in [1.54, 1.807) is 36.4 Å². The number of hydrogen-bond donors (Lipinski definition) is 2. The Kier molecular flexibility index (Phi) is 9.16. The molecule has 0 heterocycles. The molecule has 0 aromatic heterocycles. The topological polar surface area (TPSA) is 110 Å². The Hall–Kier alpha value is -3.45. The van der Waals surface area contributed by atoms with Gasteiger partial charge in [0, 0.05) is 12.0 Å². The number of benzene rings is 2. The highest BCUT2D eigenvalue weighted by Crippen LogP contribution is 2.22. The zero-order valence-corrected chi connectivity index (χ0v) is 18.2. The number of aliphatic hydroxyl groups is 1. The number of aliphatic hydroxyl groups excluding tert-OH is 1. The van der Waals surface area contributed by atoms with Crippen LogP contribution in [0.4, 0.5) is 0 Å². The molecule has 0 spiro atoms. The Bertz CT molecular complexity index is 945. The zero-order valence-electron chi connectivity index (χ0n) is 18.2. The summed E-state index contributed by atoms with van der Waals surface area (Å²) in [6, 6.07) is 13.2. The summed E-state index contributed by atoms with van der Waals surface area (Å²) in [4.78, 5) is 36.8. The van der Waals surface area contributed by atoms with Crippen LogP contribution in [0.5, 0.6) is 5.75 Å². The summed E-state index contributed by atoms with van der Waals surface area (Å²) in [6.07, 6.45) is -1.42. The first-order valence-electron chi connectivity index (χ1n) is 10.2. The Labute approximate surface area is 187 Å². The molecule has 0 saturated heterocycles. The molecule has 0 fully saturated rings. The van der Waals surface area contributed by atoms with E-state index in [1.807, 2.05) is 6.92 Å². The summed E-state index contributed by atoms with van der Waals surface area (Å²) < 4.78 is 10.1. The van der Waals surface area contributed by atoms with Crippen LogP contribution in [0, 0.1) is 12.8 Å². The number of aromatic hydroxyl groups is 1. The van der Waals surface area contributed by atoms with E-state index in [9.17, 15) is 24.6 Å². The number of rotatable bonds is 11. The fraction of sp³-hybridized carbons (Fsp3) is 0.320. The first-order chi connectivity index (χ1) is 15.2. The monoisotopic (exact) mass is 440 g/mol. The van der Waals surface area contributed by atoms with Crippen molar-refractivity contribution in [3.05, 3.63) is 77.4 Å². The lowest BCUT2D eigenvalue weighted by molar-refractivity contribution is -0.155. The minimum absolute atomic E-state index is 0.0816. The number of phenols is 1. The van der Waals surface area contributed by atoms with Crippen molar-refractivity contribution in [3.8, 4) is 5.75 Å². The van der Waals surface area contributed by atoms with Gasteiger partial charge in [0.1, 0.15) is 25.1 Å². The summed E-state index contributed by atoms with van der Waals surface area (Å²) in [6.45, 7) is 6.57. The van der Waals surface area contributed by atoms with Gasteiger partial charge in [0.2, 0.25) is 0 Å². The minimum atomic E-state index is -1.36. The van der Waals surface area contributed by atoms with Crippen LogP contribution in [-0.2, 0) is 30.3 Å². The van der Waals surface area contributed by atoms with E-state index in [0.29, 0.717) is 5.56 Å². The van der Waals surface area contributed by atoms with Gasteiger partial charge in [0.15, 0.2) is 5.78 Å². The standard InChI is InChI=1S/C25H28O7/c1-16(2)24(29)31-12-13-32-25(30)20(14-18-6-10-21(26)11-7-18)15-22(27)23(28)19-8-4-17(3)5-9-19/h4-11,20,23,26,28H,1,12-15H2,2-3H3/t20-,23-/m1/s1. The summed E-state index contributed by atoms with van der Waals surface area (Å²) in [5.74, 6) is -2.52. The van der Waals surface area contributed by atoms with Crippen LogP contribution in [0.15, 0.2) is 60.7 Å².